The average molecular weight is 331 g/mol. The summed E-state index contributed by atoms with van der Waals surface area (Å²) in [6, 6.07) is 3.87. The molecule has 1 aliphatic rings. The van der Waals surface area contributed by atoms with Crippen LogP contribution in [0.2, 0.25) is 0 Å². The maximum atomic E-state index is 11.7. The standard InChI is InChI=1S/C9H5N3O7S2/c13-7-8(20-9(14)10-7)11-19-21(17,18)6-3-1-5(2-4-6)12(15)16/h1-4H,(H,10,13,14). The molecular weight excluding hydrogens is 326 g/mol. The van der Waals surface area contributed by atoms with Crippen LogP contribution < -0.4 is 5.32 Å². The number of carbonyl (C=O) groups is 2. The summed E-state index contributed by atoms with van der Waals surface area (Å²) in [4.78, 5) is 31.3. The second-order valence-corrected chi connectivity index (χ2v) is 6.01. The van der Waals surface area contributed by atoms with Crippen molar-refractivity contribution < 1.29 is 27.2 Å². The first-order valence-corrected chi connectivity index (χ1v) is 7.31. The summed E-state index contributed by atoms with van der Waals surface area (Å²) in [5.74, 6) is -0.871. The van der Waals surface area contributed by atoms with Gasteiger partial charge in [0, 0.05) is 23.9 Å². The fraction of sp³-hybridized carbons (Fsp3) is 0. The molecule has 10 nitrogen and oxygen atoms in total. The zero-order valence-corrected chi connectivity index (χ0v) is 11.5. The topological polar surface area (TPSA) is 145 Å². The minimum atomic E-state index is -4.35. The van der Waals surface area contributed by atoms with Gasteiger partial charge < -0.3 is 0 Å². The van der Waals surface area contributed by atoms with Gasteiger partial charge in [0.05, 0.1) is 4.92 Å². The molecule has 21 heavy (non-hydrogen) atoms. The molecule has 1 aliphatic heterocycles. The lowest BCUT2D eigenvalue weighted by molar-refractivity contribution is -0.384. The van der Waals surface area contributed by atoms with Crippen molar-refractivity contribution in [3.05, 3.63) is 34.4 Å². The number of amides is 2. The van der Waals surface area contributed by atoms with Gasteiger partial charge in [-0.2, -0.15) is 8.42 Å². The van der Waals surface area contributed by atoms with E-state index in [0.717, 1.165) is 24.3 Å². The van der Waals surface area contributed by atoms with Crippen molar-refractivity contribution in [1.29, 1.82) is 0 Å². The van der Waals surface area contributed by atoms with Gasteiger partial charge in [-0.1, -0.05) is 5.16 Å². The van der Waals surface area contributed by atoms with E-state index in [1.807, 2.05) is 5.32 Å². The third-order valence-electron chi connectivity index (χ3n) is 2.15. The molecule has 1 aromatic carbocycles. The Labute approximate surface area is 121 Å². The van der Waals surface area contributed by atoms with Crippen LogP contribution in [-0.2, 0) is 19.2 Å². The monoisotopic (exact) mass is 331 g/mol. The molecule has 1 fully saturated rings. The Morgan fingerprint density at radius 2 is 1.86 bits per heavy atom. The Morgan fingerprint density at radius 3 is 2.33 bits per heavy atom. The van der Waals surface area contributed by atoms with Crippen molar-refractivity contribution in [3.8, 4) is 0 Å². The molecule has 0 aliphatic carbocycles. The number of nitro benzene ring substituents is 1. The minimum absolute atomic E-state index is 0.295. The smallest absolute Gasteiger partial charge is 0.281 e. The first-order chi connectivity index (χ1) is 9.79. The number of oxime groups is 1. The van der Waals surface area contributed by atoms with Gasteiger partial charge in [-0.15, -0.1) is 0 Å². The highest BCUT2D eigenvalue weighted by Gasteiger charge is 2.29. The Kier molecular flexibility index (Phi) is 3.90. The third-order valence-corrected chi connectivity index (χ3v) is 4.01. The number of non-ortho nitro benzene ring substituents is 1. The quantitative estimate of drug-likeness (QED) is 0.623. The van der Waals surface area contributed by atoms with Crippen LogP contribution in [0.15, 0.2) is 34.3 Å². The number of imide groups is 1. The van der Waals surface area contributed by atoms with Crippen molar-refractivity contribution in [2.24, 2.45) is 5.16 Å². The van der Waals surface area contributed by atoms with Gasteiger partial charge >= 0.3 is 10.1 Å². The van der Waals surface area contributed by atoms with Crippen LogP contribution in [0.25, 0.3) is 0 Å². The van der Waals surface area contributed by atoms with E-state index in [4.69, 9.17) is 0 Å². The van der Waals surface area contributed by atoms with E-state index < -0.39 is 31.2 Å². The summed E-state index contributed by atoms with van der Waals surface area (Å²) in [5, 5.41) is 14.3. The summed E-state index contributed by atoms with van der Waals surface area (Å²) in [7, 11) is -4.35. The van der Waals surface area contributed by atoms with Gasteiger partial charge in [-0.25, -0.2) is 0 Å². The molecule has 1 aromatic rings. The van der Waals surface area contributed by atoms with Crippen molar-refractivity contribution in [3.63, 3.8) is 0 Å². The number of nitrogens with zero attached hydrogens (tertiary/aromatic N) is 2. The highest BCUT2D eigenvalue weighted by molar-refractivity contribution is 8.28. The number of hydrogen-bond acceptors (Lipinski definition) is 9. The molecule has 0 bridgehead atoms. The number of benzene rings is 1. The van der Waals surface area contributed by atoms with E-state index in [0.29, 0.717) is 11.8 Å². The summed E-state index contributed by atoms with van der Waals surface area (Å²) in [5.41, 5.74) is -0.295. The molecule has 0 atom stereocenters. The predicted molar refractivity (Wildman–Crippen MR) is 69.9 cm³/mol. The normalized spacial score (nSPS) is 16.9. The molecule has 1 saturated heterocycles. The van der Waals surface area contributed by atoms with Crippen LogP contribution in [0.3, 0.4) is 0 Å². The van der Waals surface area contributed by atoms with Gasteiger partial charge in [-0.05, 0) is 12.1 Å². The molecule has 2 amide bonds. The molecule has 0 aromatic heterocycles. The van der Waals surface area contributed by atoms with E-state index in [9.17, 15) is 28.1 Å². The number of rotatable bonds is 4. The van der Waals surface area contributed by atoms with Crippen molar-refractivity contribution in [2.45, 2.75) is 4.90 Å². The average Bonchev–Trinajstić information content (AvgIpc) is 2.75. The zero-order chi connectivity index (χ0) is 15.6. The summed E-state index contributed by atoms with van der Waals surface area (Å²) in [6.45, 7) is 0. The van der Waals surface area contributed by atoms with Crippen LogP contribution in [0.4, 0.5) is 10.5 Å². The molecule has 110 valence electrons. The fourth-order valence-corrected chi connectivity index (χ4v) is 2.54. The first kappa shape index (κ1) is 14.9. The lowest BCUT2D eigenvalue weighted by atomic mass is 10.3. The molecule has 0 saturated carbocycles. The van der Waals surface area contributed by atoms with Gasteiger partial charge in [0.15, 0.2) is 0 Å². The molecule has 1 N–H and O–H groups in total. The summed E-state index contributed by atoms with van der Waals surface area (Å²) in [6.07, 6.45) is 0. The molecule has 0 unspecified atom stereocenters. The van der Waals surface area contributed by atoms with Gasteiger partial charge in [0.1, 0.15) is 4.90 Å². The Bertz CT molecular complexity index is 754. The molecule has 0 spiro atoms. The number of carbonyl (C=O) groups excluding carboxylic acids is 2. The van der Waals surface area contributed by atoms with Crippen LogP contribution in [-0.4, -0.2) is 29.5 Å². The Balaban J connectivity index is 2.19. The Morgan fingerprint density at radius 1 is 1.24 bits per heavy atom. The van der Waals surface area contributed by atoms with E-state index >= 15 is 0 Å². The molecule has 0 radical (unpaired) electrons. The SMILES string of the molecule is O=C1NC(=O)C(=NOS(=O)(=O)c2ccc([N+](=O)[O-])cc2)S1. The summed E-state index contributed by atoms with van der Waals surface area (Å²) < 4.78 is 27.7. The lowest BCUT2D eigenvalue weighted by Crippen LogP contribution is -2.21. The fourth-order valence-electron chi connectivity index (χ4n) is 1.23. The zero-order valence-electron chi connectivity index (χ0n) is 9.88. The van der Waals surface area contributed by atoms with Crippen LogP contribution in [0, 0.1) is 10.1 Å². The number of nitro groups is 1. The molecule has 12 heteroatoms. The Hall–Kier alpha value is -2.47. The lowest BCUT2D eigenvalue weighted by Gasteiger charge is -2.01. The van der Waals surface area contributed by atoms with E-state index in [-0.39, 0.29) is 10.6 Å². The van der Waals surface area contributed by atoms with Crippen molar-refractivity contribution in [2.75, 3.05) is 0 Å². The van der Waals surface area contributed by atoms with Crippen LogP contribution >= 0.6 is 11.8 Å². The maximum Gasteiger partial charge on any atom is 0.358 e. The van der Waals surface area contributed by atoms with Gasteiger partial charge in [-0.3, -0.25) is 29.3 Å². The number of thioether (sulfide) groups is 1. The first-order valence-electron chi connectivity index (χ1n) is 5.09. The number of hydrogen-bond donors (Lipinski definition) is 1. The predicted octanol–water partition coefficient (Wildman–Crippen LogP) is 0.597. The number of nitrogens with one attached hydrogen (secondary N) is 1. The van der Waals surface area contributed by atoms with Crippen LogP contribution in [0.5, 0.6) is 0 Å². The molecule has 1 heterocycles. The van der Waals surface area contributed by atoms with E-state index in [1.54, 1.807) is 0 Å². The highest BCUT2D eigenvalue weighted by atomic mass is 32.2. The maximum absolute atomic E-state index is 11.7. The van der Waals surface area contributed by atoms with Gasteiger partial charge in [0.25, 0.3) is 16.8 Å². The van der Waals surface area contributed by atoms with E-state index in [2.05, 4.69) is 9.44 Å². The van der Waals surface area contributed by atoms with Crippen molar-refractivity contribution >= 4 is 43.8 Å². The third kappa shape index (κ3) is 3.35. The second kappa shape index (κ2) is 5.49. The largest absolute Gasteiger partial charge is 0.358 e. The van der Waals surface area contributed by atoms with Crippen molar-refractivity contribution in [1.82, 2.24) is 5.32 Å². The van der Waals surface area contributed by atoms with Crippen LogP contribution in [0.1, 0.15) is 0 Å². The second-order valence-electron chi connectivity index (χ2n) is 3.52. The van der Waals surface area contributed by atoms with E-state index in [1.165, 1.54) is 0 Å². The minimum Gasteiger partial charge on any atom is -0.281 e. The summed E-state index contributed by atoms with van der Waals surface area (Å²) >= 11 is 0.388. The molecule has 2 rings (SSSR count). The van der Waals surface area contributed by atoms with Gasteiger partial charge in [0.2, 0.25) is 5.04 Å². The highest BCUT2D eigenvalue weighted by Crippen LogP contribution is 2.19. The molecular formula is C9H5N3O7S2.